The van der Waals surface area contributed by atoms with Crippen molar-refractivity contribution in [2.24, 2.45) is 0 Å². The van der Waals surface area contributed by atoms with Crippen LogP contribution in [0.2, 0.25) is 10.0 Å². The van der Waals surface area contributed by atoms with Gasteiger partial charge in [0, 0.05) is 37.2 Å². The highest BCUT2D eigenvalue weighted by molar-refractivity contribution is 6.42. The van der Waals surface area contributed by atoms with Gasteiger partial charge in [-0.2, -0.15) is 0 Å². The average Bonchev–Trinajstić information content (AvgIpc) is 3.05. The van der Waals surface area contributed by atoms with Crippen LogP contribution >= 0.6 is 23.2 Å². The molecular formula is C19H20Cl2N4. The number of halogens is 2. The van der Waals surface area contributed by atoms with Crippen LogP contribution in [-0.2, 0) is 6.54 Å². The van der Waals surface area contributed by atoms with E-state index < -0.39 is 0 Å². The monoisotopic (exact) mass is 374 g/mol. The summed E-state index contributed by atoms with van der Waals surface area (Å²) in [6, 6.07) is 14.0. The highest BCUT2D eigenvalue weighted by atomic mass is 35.5. The van der Waals surface area contributed by atoms with Crippen molar-refractivity contribution in [3.8, 4) is 5.69 Å². The van der Waals surface area contributed by atoms with Gasteiger partial charge < -0.3 is 15.2 Å². The third-order valence-electron chi connectivity index (χ3n) is 3.82. The summed E-state index contributed by atoms with van der Waals surface area (Å²) in [7, 11) is 0. The molecule has 1 aromatic heterocycles. The molecule has 2 N–H and O–H groups in total. The Bertz CT molecular complexity index is 828. The van der Waals surface area contributed by atoms with Crippen molar-refractivity contribution in [3.05, 3.63) is 76.3 Å². The van der Waals surface area contributed by atoms with Gasteiger partial charge in [-0.15, -0.1) is 0 Å². The molecule has 0 atom stereocenters. The fourth-order valence-corrected chi connectivity index (χ4v) is 2.81. The Hall–Kier alpha value is -2.01. The number of nitrogens with zero attached hydrogens (tertiary/aromatic N) is 2. The normalized spacial score (nSPS) is 10.8. The third-order valence-corrected chi connectivity index (χ3v) is 4.56. The van der Waals surface area contributed by atoms with E-state index >= 15 is 0 Å². The van der Waals surface area contributed by atoms with Crippen molar-refractivity contribution in [2.45, 2.75) is 13.5 Å². The van der Waals surface area contributed by atoms with Crippen molar-refractivity contribution in [1.29, 1.82) is 0 Å². The molecule has 0 unspecified atom stereocenters. The zero-order valence-electron chi connectivity index (χ0n) is 14.0. The first kappa shape index (κ1) is 17.8. The zero-order valence-corrected chi connectivity index (χ0v) is 15.5. The minimum absolute atomic E-state index is 0.585. The first-order valence-electron chi connectivity index (χ1n) is 8.11. The van der Waals surface area contributed by atoms with Gasteiger partial charge in [0.15, 0.2) is 0 Å². The lowest BCUT2D eigenvalue weighted by Gasteiger charge is -2.09. The predicted octanol–water partition coefficient (Wildman–Crippen LogP) is 4.69. The summed E-state index contributed by atoms with van der Waals surface area (Å²) in [5.74, 6) is 0. The molecule has 0 saturated carbocycles. The summed E-state index contributed by atoms with van der Waals surface area (Å²) in [5, 5.41) is 7.96. The molecule has 0 bridgehead atoms. The summed E-state index contributed by atoms with van der Waals surface area (Å²) in [6.07, 6.45) is 3.83. The van der Waals surface area contributed by atoms with E-state index in [0.717, 1.165) is 42.3 Å². The number of rotatable bonds is 7. The van der Waals surface area contributed by atoms with E-state index in [1.54, 1.807) is 0 Å². The van der Waals surface area contributed by atoms with Gasteiger partial charge in [-0.1, -0.05) is 29.3 Å². The van der Waals surface area contributed by atoms with Crippen molar-refractivity contribution in [1.82, 2.24) is 14.9 Å². The van der Waals surface area contributed by atoms with Crippen LogP contribution in [0.3, 0.4) is 0 Å². The maximum absolute atomic E-state index is 6.01. The first-order valence-corrected chi connectivity index (χ1v) is 8.87. The Morgan fingerprint density at radius 3 is 2.48 bits per heavy atom. The number of aromatic nitrogens is 2. The predicted molar refractivity (Wildman–Crippen MR) is 105 cm³/mol. The number of anilines is 1. The molecule has 2 aromatic carbocycles. The van der Waals surface area contributed by atoms with Gasteiger partial charge in [0.1, 0.15) is 0 Å². The first-order chi connectivity index (χ1) is 12.1. The maximum Gasteiger partial charge on any atom is 0.0995 e. The van der Waals surface area contributed by atoms with Crippen molar-refractivity contribution in [3.63, 3.8) is 0 Å². The van der Waals surface area contributed by atoms with Gasteiger partial charge in [-0.05, 0) is 48.9 Å². The Balaban J connectivity index is 1.42. The molecule has 0 amide bonds. The fraction of sp³-hybridized carbons (Fsp3) is 0.211. The van der Waals surface area contributed by atoms with Crippen LogP contribution < -0.4 is 10.6 Å². The van der Waals surface area contributed by atoms with Crippen LogP contribution in [0.25, 0.3) is 5.69 Å². The average molecular weight is 375 g/mol. The summed E-state index contributed by atoms with van der Waals surface area (Å²) in [5.41, 5.74) is 4.32. The number of nitrogens with one attached hydrogen (secondary N) is 2. The topological polar surface area (TPSA) is 41.9 Å². The highest BCUT2D eigenvalue weighted by Gasteiger charge is 2.00. The van der Waals surface area contributed by atoms with Crippen LogP contribution in [0.1, 0.15) is 11.3 Å². The van der Waals surface area contributed by atoms with Gasteiger partial charge in [-0.3, -0.25) is 0 Å². The molecular weight excluding hydrogens is 355 g/mol. The Morgan fingerprint density at radius 1 is 1.00 bits per heavy atom. The molecule has 3 rings (SSSR count). The van der Waals surface area contributed by atoms with Crippen molar-refractivity contribution in [2.75, 3.05) is 18.4 Å². The van der Waals surface area contributed by atoms with E-state index in [-0.39, 0.29) is 0 Å². The number of imidazole rings is 1. The molecule has 0 aliphatic carbocycles. The standard InChI is InChI=1S/C19H20Cl2N4/c1-14-12-25(13-24-14)17-5-3-16(4-6-17)23-9-8-22-11-15-2-7-18(20)19(21)10-15/h2-7,10,12-13,22-23H,8-9,11H2,1H3. The molecule has 4 nitrogen and oxygen atoms in total. The van der Waals surface area contributed by atoms with Gasteiger partial charge in [0.25, 0.3) is 0 Å². The molecule has 0 spiro atoms. The largest absolute Gasteiger partial charge is 0.384 e. The van der Waals surface area contributed by atoms with E-state index in [2.05, 4.69) is 39.9 Å². The van der Waals surface area contributed by atoms with E-state index in [1.165, 1.54) is 0 Å². The lowest BCUT2D eigenvalue weighted by molar-refractivity contribution is 0.707. The second-order valence-corrected chi connectivity index (χ2v) is 6.64. The highest BCUT2D eigenvalue weighted by Crippen LogP contribution is 2.22. The van der Waals surface area contributed by atoms with Crippen LogP contribution in [-0.4, -0.2) is 22.6 Å². The summed E-state index contributed by atoms with van der Waals surface area (Å²) >= 11 is 11.9. The van der Waals surface area contributed by atoms with Crippen molar-refractivity contribution < 1.29 is 0 Å². The second kappa shape index (κ2) is 8.39. The summed E-state index contributed by atoms with van der Waals surface area (Å²) < 4.78 is 2.01. The van der Waals surface area contributed by atoms with Gasteiger partial charge in [0.2, 0.25) is 0 Å². The fourth-order valence-electron chi connectivity index (χ4n) is 2.49. The van der Waals surface area contributed by atoms with Gasteiger partial charge >= 0.3 is 0 Å². The van der Waals surface area contributed by atoms with Crippen LogP contribution in [0, 0.1) is 6.92 Å². The summed E-state index contributed by atoms with van der Waals surface area (Å²) in [6.45, 7) is 4.43. The van der Waals surface area contributed by atoms with Gasteiger partial charge in [-0.25, -0.2) is 4.98 Å². The second-order valence-electron chi connectivity index (χ2n) is 5.82. The molecule has 0 aliphatic heterocycles. The number of hydrogen-bond acceptors (Lipinski definition) is 3. The molecule has 0 radical (unpaired) electrons. The Kier molecular flexibility index (Phi) is 5.97. The van der Waals surface area contributed by atoms with E-state index in [4.69, 9.17) is 23.2 Å². The molecule has 0 aliphatic rings. The van der Waals surface area contributed by atoms with E-state index in [0.29, 0.717) is 10.0 Å². The van der Waals surface area contributed by atoms with Crippen molar-refractivity contribution >= 4 is 28.9 Å². The minimum atomic E-state index is 0.585. The van der Waals surface area contributed by atoms with E-state index in [9.17, 15) is 0 Å². The van der Waals surface area contributed by atoms with Crippen LogP contribution in [0.15, 0.2) is 55.0 Å². The molecule has 1 heterocycles. The SMILES string of the molecule is Cc1cn(-c2ccc(NCCNCc3ccc(Cl)c(Cl)c3)cc2)cn1. The molecule has 6 heteroatoms. The zero-order chi connectivity index (χ0) is 17.6. The summed E-state index contributed by atoms with van der Waals surface area (Å²) in [4.78, 5) is 4.24. The number of hydrogen-bond donors (Lipinski definition) is 2. The minimum Gasteiger partial charge on any atom is -0.384 e. The molecule has 3 aromatic rings. The van der Waals surface area contributed by atoms with Crippen LogP contribution in [0.5, 0.6) is 0 Å². The Morgan fingerprint density at radius 2 is 1.80 bits per heavy atom. The smallest absolute Gasteiger partial charge is 0.0995 e. The quantitative estimate of drug-likeness (QED) is 0.589. The molecule has 25 heavy (non-hydrogen) atoms. The Labute approximate surface area is 157 Å². The van der Waals surface area contributed by atoms with E-state index in [1.807, 2.05) is 42.2 Å². The molecule has 0 saturated heterocycles. The van der Waals surface area contributed by atoms with Gasteiger partial charge in [0.05, 0.1) is 22.1 Å². The lowest BCUT2D eigenvalue weighted by atomic mass is 10.2. The number of benzene rings is 2. The van der Waals surface area contributed by atoms with Crippen LogP contribution in [0.4, 0.5) is 5.69 Å². The lowest BCUT2D eigenvalue weighted by Crippen LogP contribution is -2.21. The molecule has 0 fully saturated rings. The third kappa shape index (κ3) is 4.98. The maximum atomic E-state index is 6.01. The number of aryl methyl sites for hydroxylation is 1. The molecule has 130 valence electrons.